The molecule has 1 heterocycles. The quantitative estimate of drug-likeness (QED) is 0.709. The molecule has 1 fully saturated rings. The molecule has 2 rings (SSSR count). The van der Waals surface area contributed by atoms with Crippen molar-refractivity contribution in [3.8, 4) is 0 Å². The summed E-state index contributed by atoms with van der Waals surface area (Å²) in [6.45, 7) is 0. The maximum Gasteiger partial charge on any atom is 0.337 e. The molecule has 4 heteroatoms. The molecular weight excluding hydrogens is 156 g/mol. The molecule has 1 aromatic heterocycles. The first-order chi connectivity index (χ1) is 5.77. The molecule has 62 valence electrons. The zero-order valence-electron chi connectivity index (χ0n) is 6.40. The summed E-state index contributed by atoms with van der Waals surface area (Å²) in [7, 11) is 0. The van der Waals surface area contributed by atoms with Crippen molar-refractivity contribution in [3.05, 3.63) is 23.5 Å². The molecule has 4 nitrogen and oxygen atoms in total. The van der Waals surface area contributed by atoms with Crippen molar-refractivity contribution in [1.29, 1.82) is 0 Å². The third kappa shape index (κ3) is 1.28. The van der Waals surface area contributed by atoms with Gasteiger partial charge in [-0.15, -0.1) is 0 Å². The van der Waals surface area contributed by atoms with Gasteiger partial charge in [0.2, 0.25) is 0 Å². The summed E-state index contributed by atoms with van der Waals surface area (Å²) in [6, 6.07) is 1.60. The van der Waals surface area contributed by atoms with E-state index in [9.17, 15) is 4.79 Å². The maximum atomic E-state index is 10.5. The predicted octanol–water partition coefficient (Wildman–Crippen LogP) is 1.05. The van der Waals surface area contributed by atoms with Gasteiger partial charge in [-0.25, -0.2) is 4.79 Å². The highest BCUT2D eigenvalue weighted by molar-refractivity contribution is 5.87. The lowest BCUT2D eigenvalue weighted by Gasteiger charge is -1.96. The SMILES string of the molecule is O=C(O)c1cnnc(C2CC2)c1. The Kier molecular flexibility index (Phi) is 1.53. The second kappa shape index (κ2) is 2.55. The van der Waals surface area contributed by atoms with Crippen LogP contribution in [0, 0.1) is 0 Å². The van der Waals surface area contributed by atoms with Gasteiger partial charge in [0.25, 0.3) is 0 Å². The molecule has 0 aliphatic heterocycles. The molecule has 1 saturated carbocycles. The van der Waals surface area contributed by atoms with E-state index in [2.05, 4.69) is 10.2 Å². The molecule has 0 aromatic carbocycles. The van der Waals surface area contributed by atoms with Crippen LogP contribution in [0.3, 0.4) is 0 Å². The van der Waals surface area contributed by atoms with Crippen molar-refractivity contribution in [1.82, 2.24) is 10.2 Å². The van der Waals surface area contributed by atoms with Gasteiger partial charge in [0.1, 0.15) is 0 Å². The number of nitrogens with zero attached hydrogens (tertiary/aromatic N) is 2. The van der Waals surface area contributed by atoms with Crippen LogP contribution in [0.5, 0.6) is 0 Å². The highest BCUT2D eigenvalue weighted by Gasteiger charge is 2.26. The van der Waals surface area contributed by atoms with Gasteiger partial charge in [-0.05, 0) is 18.9 Å². The highest BCUT2D eigenvalue weighted by atomic mass is 16.4. The van der Waals surface area contributed by atoms with Crippen molar-refractivity contribution in [3.63, 3.8) is 0 Å². The number of hydrogen-bond donors (Lipinski definition) is 1. The van der Waals surface area contributed by atoms with Crippen LogP contribution in [0.25, 0.3) is 0 Å². The summed E-state index contributed by atoms with van der Waals surface area (Å²) < 4.78 is 0. The Morgan fingerprint density at radius 3 is 2.92 bits per heavy atom. The Hall–Kier alpha value is -1.45. The van der Waals surface area contributed by atoms with E-state index in [0.29, 0.717) is 5.92 Å². The largest absolute Gasteiger partial charge is 0.478 e. The second-order valence-electron chi connectivity index (χ2n) is 2.95. The smallest absolute Gasteiger partial charge is 0.337 e. The average Bonchev–Trinajstić information content (AvgIpc) is 2.87. The lowest BCUT2D eigenvalue weighted by molar-refractivity contribution is 0.0696. The first kappa shape index (κ1) is 7.21. The van der Waals surface area contributed by atoms with Gasteiger partial charge in [-0.3, -0.25) is 0 Å². The molecular formula is C8H8N2O2. The predicted molar refractivity (Wildman–Crippen MR) is 41.0 cm³/mol. The molecule has 0 amide bonds. The van der Waals surface area contributed by atoms with Crippen LogP contribution in [0.15, 0.2) is 12.3 Å². The van der Waals surface area contributed by atoms with E-state index in [-0.39, 0.29) is 5.56 Å². The van der Waals surface area contributed by atoms with E-state index in [1.807, 2.05) is 0 Å². The van der Waals surface area contributed by atoms with E-state index in [1.165, 1.54) is 6.20 Å². The third-order valence-electron chi connectivity index (χ3n) is 1.92. The summed E-state index contributed by atoms with van der Waals surface area (Å²) in [6.07, 6.45) is 3.49. The summed E-state index contributed by atoms with van der Waals surface area (Å²) in [4.78, 5) is 10.5. The molecule has 0 unspecified atom stereocenters. The van der Waals surface area contributed by atoms with Crippen molar-refractivity contribution in [2.75, 3.05) is 0 Å². The van der Waals surface area contributed by atoms with Crippen LogP contribution >= 0.6 is 0 Å². The minimum absolute atomic E-state index is 0.229. The van der Waals surface area contributed by atoms with E-state index >= 15 is 0 Å². The van der Waals surface area contributed by atoms with Crippen LogP contribution in [-0.4, -0.2) is 21.3 Å². The molecule has 1 aromatic rings. The Morgan fingerprint density at radius 1 is 1.58 bits per heavy atom. The Balaban J connectivity index is 2.32. The molecule has 0 saturated heterocycles. The van der Waals surface area contributed by atoms with E-state index in [1.54, 1.807) is 6.07 Å². The van der Waals surface area contributed by atoms with Gasteiger partial charge in [0, 0.05) is 5.92 Å². The van der Waals surface area contributed by atoms with Gasteiger partial charge in [-0.1, -0.05) is 0 Å². The molecule has 12 heavy (non-hydrogen) atoms. The van der Waals surface area contributed by atoms with Crippen molar-refractivity contribution in [2.45, 2.75) is 18.8 Å². The number of rotatable bonds is 2. The number of carboxylic acid groups (broad SMARTS) is 1. The van der Waals surface area contributed by atoms with Crippen LogP contribution in [0.1, 0.15) is 34.8 Å². The topological polar surface area (TPSA) is 63.1 Å². The second-order valence-corrected chi connectivity index (χ2v) is 2.95. The fourth-order valence-electron chi connectivity index (χ4n) is 1.08. The van der Waals surface area contributed by atoms with Gasteiger partial charge < -0.3 is 5.11 Å². The number of aromatic nitrogens is 2. The van der Waals surface area contributed by atoms with Gasteiger partial charge >= 0.3 is 5.97 Å². The standard InChI is InChI=1S/C8H8N2O2/c11-8(12)6-3-7(5-1-2-5)10-9-4-6/h3-5H,1-2H2,(H,11,12). The summed E-state index contributed by atoms with van der Waals surface area (Å²) in [5, 5.41) is 16.2. The number of carboxylic acids is 1. The van der Waals surface area contributed by atoms with Gasteiger partial charge in [0.15, 0.2) is 0 Å². The summed E-state index contributed by atoms with van der Waals surface area (Å²) in [5.41, 5.74) is 1.04. The number of hydrogen-bond acceptors (Lipinski definition) is 3. The van der Waals surface area contributed by atoms with E-state index in [0.717, 1.165) is 18.5 Å². The van der Waals surface area contributed by atoms with Gasteiger partial charge in [-0.2, -0.15) is 10.2 Å². The minimum Gasteiger partial charge on any atom is -0.478 e. The average molecular weight is 164 g/mol. The first-order valence-corrected chi connectivity index (χ1v) is 3.83. The third-order valence-corrected chi connectivity index (χ3v) is 1.92. The van der Waals surface area contributed by atoms with Crippen molar-refractivity contribution < 1.29 is 9.90 Å². The number of carbonyl (C=O) groups is 1. The Morgan fingerprint density at radius 2 is 2.33 bits per heavy atom. The van der Waals surface area contributed by atoms with Crippen LogP contribution < -0.4 is 0 Å². The lowest BCUT2D eigenvalue weighted by atomic mass is 10.2. The maximum absolute atomic E-state index is 10.5. The Labute approximate surface area is 69.2 Å². The zero-order valence-corrected chi connectivity index (χ0v) is 6.40. The number of aromatic carboxylic acids is 1. The summed E-state index contributed by atoms with van der Waals surface area (Å²) >= 11 is 0. The molecule has 0 atom stereocenters. The van der Waals surface area contributed by atoms with E-state index in [4.69, 9.17) is 5.11 Å². The lowest BCUT2D eigenvalue weighted by Crippen LogP contribution is -2.00. The normalized spacial score (nSPS) is 16.0. The summed E-state index contributed by atoms with van der Waals surface area (Å²) in [5.74, 6) is -0.483. The molecule has 1 N–H and O–H groups in total. The fourth-order valence-corrected chi connectivity index (χ4v) is 1.08. The molecule has 0 radical (unpaired) electrons. The van der Waals surface area contributed by atoms with Gasteiger partial charge in [0.05, 0.1) is 17.5 Å². The van der Waals surface area contributed by atoms with Crippen LogP contribution in [0.2, 0.25) is 0 Å². The molecule has 0 bridgehead atoms. The van der Waals surface area contributed by atoms with E-state index < -0.39 is 5.97 Å². The van der Waals surface area contributed by atoms with Crippen LogP contribution in [0.4, 0.5) is 0 Å². The minimum atomic E-state index is -0.938. The molecule has 0 spiro atoms. The molecule has 1 aliphatic rings. The first-order valence-electron chi connectivity index (χ1n) is 3.83. The van der Waals surface area contributed by atoms with Crippen LogP contribution in [-0.2, 0) is 0 Å². The fraction of sp³-hybridized carbons (Fsp3) is 0.375. The van der Waals surface area contributed by atoms with Crippen molar-refractivity contribution >= 4 is 5.97 Å². The Bertz CT molecular complexity index is 321. The van der Waals surface area contributed by atoms with Crippen molar-refractivity contribution in [2.24, 2.45) is 0 Å². The monoisotopic (exact) mass is 164 g/mol. The highest BCUT2D eigenvalue weighted by Crippen LogP contribution is 2.38. The molecule has 1 aliphatic carbocycles. The zero-order chi connectivity index (χ0) is 8.55.